The third-order valence-electron chi connectivity index (χ3n) is 1.87. The summed E-state index contributed by atoms with van der Waals surface area (Å²) >= 11 is 0. The van der Waals surface area contributed by atoms with Crippen LogP contribution in [-0.2, 0) is 0 Å². The van der Waals surface area contributed by atoms with Gasteiger partial charge >= 0.3 is 0 Å². The van der Waals surface area contributed by atoms with Crippen LogP contribution in [0.15, 0.2) is 41.0 Å². The van der Waals surface area contributed by atoms with Crippen LogP contribution >= 0.6 is 0 Å². The number of hydrogen-bond donors (Lipinski definition) is 2. The SMILES string of the molecule is Nc1occc1-c1ccc(O)cc1. The molecule has 0 atom stereocenters. The molecule has 0 radical (unpaired) electrons. The van der Waals surface area contributed by atoms with Crippen LogP contribution in [0, 0.1) is 0 Å². The molecule has 3 N–H and O–H groups in total. The summed E-state index contributed by atoms with van der Waals surface area (Å²) in [6.45, 7) is 0. The van der Waals surface area contributed by atoms with Gasteiger partial charge in [0.2, 0.25) is 0 Å². The van der Waals surface area contributed by atoms with Gasteiger partial charge in [-0.1, -0.05) is 12.1 Å². The van der Waals surface area contributed by atoms with E-state index < -0.39 is 0 Å². The summed E-state index contributed by atoms with van der Waals surface area (Å²) in [5.74, 6) is 0.636. The molecule has 66 valence electrons. The number of phenols is 1. The summed E-state index contributed by atoms with van der Waals surface area (Å²) in [5.41, 5.74) is 7.36. The Morgan fingerprint density at radius 1 is 1.08 bits per heavy atom. The van der Waals surface area contributed by atoms with Gasteiger partial charge in [0.25, 0.3) is 0 Å². The van der Waals surface area contributed by atoms with Gasteiger partial charge in [-0.05, 0) is 23.8 Å². The molecule has 2 rings (SSSR count). The predicted octanol–water partition coefficient (Wildman–Crippen LogP) is 2.23. The lowest BCUT2D eigenvalue weighted by atomic mass is 10.1. The number of furan rings is 1. The van der Waals surface area contributed by atoms with E-state index in [-0.39, 0.29) is 5.75 Å². The second-order valence-electron chi connectivity index (χ2n) is 2.75. The third kappa shape index (κ3) is 1.36. The van der Waals surface area contributed by atoms with E-state index in [4.69, 9.17) is 15.3 Å². The van der Waals surface area contributed by atoms with Crippen LogP contribution in [0.3, 0.4) is 0 Å². The molecule has 0 saturated heterocycles. The zero-order chi connectivity index (χ0) is 9.26. The van der Waals surface area contributed by atoms with Gasteiger partial charge in [0.1, 0.15) is 5.75 Å². The first-order valence-corrected chi connectivity index (χ1v) is 3.90. The zero-order valence-electron chi connectivity index (χ0n) is 6.90. The van der Waals surface area contributed by atoms with Crippen LogP contribution < -0.4 is 5.73 Å². The van der Waals surface area contributed by atoms with E-state index >= 15 is 0 Å². The van der Waals surface area contributed by atoms with Crippen LogP contribution in [0.25, 0.3) is 11.1 Å². The summed E-state index contributed by atoms with van der Waals surface area (Å²) in [7, 11) is 0. The molecule has 3 heteroatoms. The summed E-state index contributed by atoms with van der Waals surface area (Å²) in [6.07, 6.45) is 1.54. The maximum Gasteiger partial charge on any atom is 0.197 e. The molecule has 0 unspecified atom stereocenters. The molecule has 0 amide bonds. The topological polar surface area (TPSA) is 59.4 Å². The van der Waals surface area contributed by atoms with Gasteiger partial charge in [0.15, 0.2) is 5.88 Å². The van der Waals surface area contributed by atoms with Crippen molar-refractivity contribution in [1.29, 1.82) is 0 Å². The Morgan fingerprint density at radius 3 is 2.31 bits per heavy atom. The Labute approximate surface area is 75.4 Å². The average molecular weight is 175 g/mol. The maximum absolute atomic E-state index is 9.07. The van der Waals surface area contributed by atoms with Crippen molar-refractivity contribution in [3.8, 4) is 16.9 Å². The van der Waals surface area contributed by atoms with Crippen molar-refractivity contribution in [1.82, 2.24) is 0 Å². The van der Waals surface area contributed by atoms with Crippen molar-refractivity contribution in [2.24, 2.45) is 0 Å². The van der Waals surface area contributed by atoms with Crippen LogP contribution in [0.1, 0.15) is 0 Å². The minimum atomic E-state index is 0.241. The molecule has 0 spiro atoms. The number of nitrogens with two attached hydrogens (primary N) is 1. The predicted molar refractivity (Wildman–Crippen MR) is 50.2 cm³/mol. The first-order valence-electron chi connectivity index (χ1n) is 3.90. The lowest BCUT2D eigenvalue weighted by Crippen LogP contribution is -1.83. The lowest BCUT2D eigenvalue weighted by molar-refractivity contribution is 0.475. The number of nitrogen functional groups attached to an aromatic ring is 1. The fraction of sp³-hybridized carbons (Fsp3) is 0. The Kier molecular flexibility index (Phi) is 1.70. The third-order valence-corrected chi connectivity index (χ3v) is 1.87. The van der Waals surface area contributed by atoms with Crippen molar-refractivity contribution in [3.05, 3.63) is 36.6 Å². The fourth-order valence-corrected chi connectivity index (χ4v) is 1.20. The molecular weight excluding hydrogens is 166 g/mol. The minimum absolute atomic E-state index is 0.241. The van der Waals surface area contributed by atoms with Crippen molar-refractivity contribution >= 4 is 5.88 Å². The Bertz CT molecular complexity index is 403. The van der Waals surface area contributed by atoms with E-state index in [9.17, 15) is 0 Å². The molecule has 0 bridgehead atoms. The second kappa shape index (κ2) is 2.86. The van der Waals surface area contributed by atoms with Crippen LogP contribution in [-0.4, -0.2) is 5.11 Å². The van der Waals surface area contributed by atoms with E-state index in [1.54, 1.807) is 30.3 Å². The van der Waals surface area contributed by atoms with Gasteiger partial charge in [-0.2, -0.15) is 0 Å². The first-order chi connectivity index (χ1) is 6.27. The van der Waals surface area contributed by atoms with Crippen LogP contribution in [0.4, 0.5) is 5.88 Å². The summed E-state index contributed by atoms with van der Waals surface area (Å²) in [6, 6.07) is 8.60. The molecular formula is C10H9NO2. The number of hydrogen-bond acceptors (Lipinski definition) is 3. The average Bonchev–Trinajstić information content (AvgIpc) is 2.53. The summed E-state index contributed by atoms with van der Waals surface area (Å²) in [4.78, 5) is 0. The molecule has 0 fully saturated rings. The number of phenolic OH excluding ortho intramolecular Hbond substituents is 1. The number of anilines is 1. The molecule has 1 aromatic carbocycles. The van der Waals surface area contributed by atoms with Crippen LogP contribution in [0.2, 0.25) is 0 Å². The molecule has 0 aliphatic rings. The summed E-state index contributed by atoms with van der Waals surface area (Å²) in [5, 5.41) is 9.07. The highest BCUT2D eigenvalue weighted by Gasteiger charge is 2.04. The summed E-state index contributed by atoms with van der Waals surface area (Å²) < 4.78 is 4.96. The largest absolute Gasteiger partial charge is 0.508 e. The molecule has 0 aliphatic carbocycles. The first kappa shape index (κ1) is 7.73. The highest BCUT2D eigenvalue weighted by molar-refractivity contribution is 5.72. The molecule has 1 aromatic heterocycles. The lowest BCUT2D eigenvalue weighted by Gasteiger charge is -1.98. The maximum atomic E-state index is 9.07. The Balaban J connectivity index is 2.47. The molecule has 1 heterocycles. The van der Waals surface area contributed by atoms with E-state index in [0.717, 1.165) is 11.1 Å². The van der Waals surface area contributed by atoms with Crippen molar-refractivity contribution in [2.75, 3.05) is 5.73 Å². The van der Waals surface area contributed by atoms with E-state index in [1.807, 2.05) is 0 Å². The van der Waals surface area contributed by atoms with E-state index in [1.165, 1.54) is 6.26 Å². The van der Waals surface area contributed by atoms with Gasteiger partial charge < -0.3 is 15.3 Å². The van der Waals surface area contributed by atoms with Crippen LogP contribution in [0.5, 0.6) is 5.75 Å². The van der Waals surface area contributed by atoms with Crippen molar-refractivity contribution in [2.45, 2.75) is 0 Å². The van der Waals surface area contributed by atoms with E-state index in [0.29, 0.717) is 5.88 Å². The standard InChI is InChI=1S/C10H9NO2/c11-10-9(5-6-13-10)7-1-3-8(12)4-2-7/h1-6,12H,11H2. The Hall–Kier alpha value is -1.90. The van der Waals surface area contributed by atoms with Gasteiger partial charge in [0, 0.05) is 5.56 Å². The molecule has 0 aliphatic heterocycles. The fourth-order valence-electron chi connectivity index (χ4n) is 1.20. The highest BCUT2D eigenvalue weighted by Crippen LogP contribution is 2.27. The molecule has 2 aromatic rings. The molecule has 13 heavy (non-hydrogen) atoms. The quantitative estimate of drug-likeness (QED) is 0.698. The normalized spacial score (nSPS) is 10.2. The molecule has 0 saturated carbocycles. The van der Waals surface area contributed by atoms with Gasteiger partial charge in [-0.15, -0.1) is 0 Å². The smallest absolute Gasteiger partial charge is 0.197 e. The minimum Gasteiger partial charge on any atom is -0.508 e. The van der Waals surface area contributed by atoms with Crippen molar-refractivity contribution in [3.63, 3.8) is 0 Å². The Morgan fingerprint density at radius 2 is 1.77 bits per heavy atom. The number of benzene rings is 1. The van der Waals surface area contributed by atoms with Gasteiger partial charge in [-0.25, -0.2) is 0 Å². The molecule has 3 nitrogen and oxygen atoms in total. The second-order valence-corrected chi connectivity index (χ2v) is 2.75. The van der Waals surface area contributed by atoms with Gasteiger partial charge in [-0.3, -0.25) is 0 Å². The zero-order valence-corrected chi connectivity index (χ0v) is 6.90. The van der Waals surface area contributed by atoms with Gasteiger partial charge in [0.05, 0.1) is 6.26 Å². The number of rotatable bonds is 1. The van der Waals surface area contributed by atoms with Crippen molar-refractivity contribution < 1.29 is 9.52 Å². The monoisotopic (exact) mass is 175 g/mol. The number of aromatic hydroxyl groups is 1. The van der Waals surface area contributed by atoms with E-state index in [2.05, 4.69) is 0 Å². The highest BCUT2D eigenvalue weighted by atomic mass is 16.3.